The maximum absolute atomic E-state index is 12.3. The first kappa shape index (κ1) is 16.1. The van der Waals surface area contributed by atoms with Gasteiger partial charge in [-0.05, 0) is 34.6 Å². The van der Waals surface area contributed by atoms with Crippen LogP contribution >= 0.6 is 0 Å². The average Bonchev–Trinajstić information content (AvgIpc) is 2.71. The number of amides is 1. The van der Waals surface area contributed by atoms with Crippen LogP contribution in [0.5, 0.6) is 0 Å². The van der Waals surface area contributed by atoms with E-state index < -0.39 is 5.60 Å². The number of piperazine rings is 1. The summed E-state index contributed by atoms with van der Waals surface area (Å²) in [6.45, 7) is 11.4. The van der Waals surface area contributed by atoms with Gasteiger partial charge < -0.3 is 14.4 Å². The minimum Gasteiger partial charge on any atom is -0.464 e. The van der Waals surface area contributed by atoms with E-state index in [-0.39, 0.29) is 30.2 Å². The summed E-state index contributed by atoms with van der Waals surface area (Å²) in [5.74, 6) is -0.139. The molecule has 6 heteroatoms. The van der Waals surface area contributed by atoms with Crippen molar-refractivity contribution in [1.82, 2.24) is 9.80 Å². The number of esters is 1. The van der Waals surface area contributed by atoms with E-state index in [1.807, 2.05) is 34.6 Å². The average molecular weight is 298 g/mol. The van der Waals surface area contributed by atoms with E-state index in [1.165, 1.54) is 0 Å². The molecule has 0 bridgehead atoms. The quantitative estimate of drug-likeness (QED) is 0.689. The van der Waals surface area contributed by atoms with Crippen LogP contribution in [-0.4, -0.2) is 65.3 Å². The standard InChI is InChI=1S/C15H26N2O4/c1-10-8-16(12-6-7-20-13(12)18)9-11(2)17(10)14(19)21-15(3,4)5/h10-12H,6-9H2,1-5H3/t10-,11-,12-/m1/s1. The fourth-order valence-corrected chi connectivity index (χ4v) is 3.11. The van der Waals surface area contributed by atoms with Crippen LogP contribution in [0.15, 0.2) is 0 Å². The largest absolute Gasteiger partial charge is 0.464 e. The first-order valence-electron chi connectivity index (χ1n) is 7.61. The molecule has 6 nitrogen and oxygen atoms in total. The molecule has 120 valence electrons. The number of hydrogen-bond donors (Lipinski definition) is 0. The van der Waals surface area contributed by atoms with Crippen molar-refractivity contribution in [3.8, 4) is 0 Å². The van der Waals surface area contributed by atoms with E-state index in [0.29, 0.717) is 19.7 Å². The smallest absolute Gasteiger partial charge is 0.410 e. The highest BCUT2D eigenvalue weighted by molar-refractivity contribution is 5.77. The van der Waals surface area contributed by atoms with Crippen molar-refractivity contribution in [3.63, 3.8) is 0 Å². The van der Waals surface area contributed by atoms with Gasteiger partial charge in [0, 0.05) is 31.6 Å². The van der Waals surface area contributed by atoms with Crippen molar-refractivity contribution in [1.29, 1.82) is 0 Å². The Hall–Kier alpha value is -1.30. The molecule has 3 atom stereocenters. The third-order valence-electron chi connectivity index (χ3n) is 3.90. The SMILES string of the molecule is C[C@@H]1CN([C@@H]2CCOC2=O)C[C@@H](C)N1C(=O)OC(C)(C)C. The summed E-state index contributed by atoms with van der Waals surface area (Å²) < 4.78 is 10.5. The first-order valence-corrected chi connectivity index (χ1v) is 7.61. The highest BCUT2D eigenvalue weighted by Crippen LogP contribution is 2.24. The van der Waals surface area contributed by atoms with Gasteiger partial charge in [-0.15, -0.1) is 0 Å². The fourth-order valence-electron chi connectivity index (χ4n) is 3.11. The van der Waals surface area contributed by atoms with Gasteiger partial charge in [0.2, 0.25) is 0 Å². The molecular formula is C15H26N2O4. The number of hydrogen-bond acceptors (Lipinski definition) is 5. The van der Waals surface area contributed by atoms with Gasteiger partial charge in [-0.25, -0.2) is 4.79 Å². The highest BCUT2D eigenvalue weighted by atomic mass is 16.6. The Bertz CT molecular complexity index is 406. The highest BCUT2D eigenvalue weighted by Gasteiger charge is 2.41. The zero-order valence-electron chi connectivity index (χ0n) is 13.6. The minimum atomic E-state index is -0.497. The van der Waals surface area contributed by atoms with Crippen molar-refractivity contribution in [2.24, 2.45) is 0 Å². The van der Waals surface area contributed by atoms with Gasteiger partial charge in [0.1, 0.15) is 11.6 Å². The second kappa shape index (κ2) is 5.83. The van der Waals surface area contributed by atoms with Crippen molar-refractivity contribution >= 4 is 12.1 Å². The van der Waals surface area contributed by atoms with Gasteiger partial charge in [0.25, 0.3) is 0 Å². The van der Waals surface area contributed by atoms with Crippen LogP contribution in [0.2, 0.25) is 0 Å². The van der Waals surface area contributed by atoms with Crippen LogP contribution in [0.1, 0.15) is 41.0 Å². The fraction of sp³-hybridized carbons (Fsp3) is 0.867. The van der Waals surface area contributed by atoms with Gasteiger partial charge in [-0.1, -0.05) is 0 Å². The van der Waals surface area contributed by atoms with Crippen LogP contribution in [0.25, 0.3) is 0 Å². The number of carbonyl (C=O) groups excluding carboxylic acids is 2. The van der Waals surface area contributed by atoms with E-state index in [2.05, 4.69) is 4.90 Å². The Kier molecular flexibility index (Phi) is 4.46. The van der Waals surface area contributed by atoms with E-state index in [4.69, 9.17) is 9.47 Å². The summed E-state index contributed by atoms with van der Waals surface area (Å²) in [5.41, 5.74) is -0.497. The van der Waals surface area contributed by atoms with Crippen LogP contribution in [0, 0.1) is 0 Å². The molecule has 2 aliphatic rings. The van der Waals surface area contributed by atoms with Crippen LogP contribution in [0.3, 0.4) is 0 Å². The molecule has 0 aromatic carbocycles. The molecule has 0 N–H and O–H groups in total. The Morgan fingerprint density at radius 1 is 1.24 bits per heavy atom. The third-order valence-corrected chi connectivity index (χ3v) is 3.90. The predicted molar refractivity (Wildman–Crippen MR) is 77.9 cm³/mol. The Morgan fingerprint density at radius 3 is 2.24 bits per heavy atom. The topological polar surface area (TPSA) is 59.1 Å². The third kappa shape index (κ3) is 3.67. The molecule has 0 radical (unpaired) electrons. The molecule has 0 unspecified atom stereocenters. The van der Waals surface area contributed by atoms with Gasteiger partial charge in [-0.3, -0.25) is 9.69 Å². The lowest BCUT2D eigenvalue weighted by Gasteiger charge is -2.45. The zero-order chi connectivity index (χ0) is 15.8. The zero-order valence-corrected chi connectivity index (χ0v) is 13.6. The number of carbonyl (C=O) groups is 2. The molecule has 1 amide bonds. The maximum Gasteiger partial charge on any atom is 0.410 e. The van der Waals surface area contributed by atoms with Crippen molar-refractivity contribution in [3.05, 3.63) is 0 Å². The Morgan fingerprint density at radius 2 is 1.81 bits per heavy atom. The summed E-state index contributed by atoms with van der Waals surface area (Å²) in [5, 5.41) is 0. The minimum absolute atomic E-state index is 0.0111. The second-order valence-electron chi connectivity index (χ2n) is 7.01. The summed E-state index contributed by atoms with van der Waals surface area (Å²) in [6.07, 6.45) is 0.459. The molecular weight excluding hydrogens is 272 g/mol. The second-order valence-corrected chi connectivity index (χ2v) is 7.01. The summed E-state index contributed by atoms with van der Waals surface area (Å²) in [6, 6.07) is -0.135. The monoisotopic (exact) mass is 298 g/mol. The number of rotatable bonds is 1. The first-order chi connectivity index (χ1) is 9.69. The normalized spacial score (nSPS) is 31.2. The molecule has 2 fully saturated rings. The van der Waals surface area contributed by atoms with E-state index in [0.717, 1.165) is 6.42 Å². The van der Waals surface area contributed by atoms with E-state index >= 15 is 0 Å². The molecule has 0 aliphatic carbocycles. The summed E-state index contributed by atoms with van der Waals surface area (Å²) in [4.78, 5) is 28.0. The maximum atomic E-state index is 12.3. The molecule has 0 saturated carbocycles. The number of nitrogens with zero attached hydrogens (tertiary/aromatic N) is 2. The van der Waals surface area contributed by atoms with Crippen LogP contribution in [-0.2, 0) is 14.3 Å². The molecule has 2 heterocycles. The Labute approximate surface area is 126 Å². The van der Waals surface area contributed by atoms with Crippen molar-refractivity contribution in [2.45, 2.75) is 64.8 Å². The molecule has 0 aromatic heterocycles. The van der Waals surface area contributed by atoms with Gasteiger partial charge in [0.15, 0.2) is 0 Å². The lowest BCUT2D eigenvalue weighted by atomic mass is 10.1. The van der Waals surface area contributed by atoms with Gasteiger partial charge in [-0.2, -0.15) is 0 Å². The van der Waals surface area contributed by atoms with Gasteiger partial charge >= 0.3 is 12.1 Å². The van der Waals surface area contributed by atoms with E-state index in [1.54, 1.807) is 4.90 Å². The number of ether oxygens (including phenoxy) is 2. The molecule has 0 spiro atoms. The summed E-state index contributed by atoms with van der Waals surface area (Å²) >= 11 is 0. The lowest BCUT2D eigenvalue weighted by molar-refractivity contribution is -0.143. The van der Waals surface area contributed by atoms with Crippen molar-refractivity contribution < 1.29 is 19.1 Å². The van der Waals surface area contributed by atoms with Crippen LogP contribution < -0.4 is 0 Å². The Balaban J connectivity index is 2.02. The van der Waals surface area contributed by atoms with Crippen LogP contribution in [0.4, 0.5) is 4.79 Å². The molecule has 21 heavy (non-hydrogen) atoms. The molecule has 2 saturated heterocycles. The predicted octanol–water partition coefficient (Wildman–Crippen LogP) is 1.63. The molecule has 0 aromatic rings. The van der Waals surface area contributed by atoms with E-state index in [9.17, 15) is 9.59 Å². The molecule has 2 aliphatic heterocycles. The van der Waals surface area contributed by atoms with Crippen molar-refractivity contribution in [2.75, 3.05) is 19.7 Å². The summed E-state index contributed by atoms with van der Waals surface area (Å²) in [7, 11) is 0. The molecule has 2 rings (SSSR count). The van der Waals surface area contributed by atoms with Gasteiger partial charge in [0.05, 0.1) is 6.61 Å². The number of cyclic esters (lactones) is 1. The lowest BCUT2D eigenvalue weighted by Crippen LogP contribution is -2.61.